The summed E-state index contributed by atoms with van der Waals surface area (Å²) in [5.74, 6) is 2.41. The zero-order chi connectivity index (χ0) is 11.3. The fraction of sp³-hybridized carbons (Fsp3) is 0.727. The monoisotopic (exact) mass is 211 g/mol. The van der Waals surface area contributed by atoms with E-state index in [0.717, 1.165) is 13.1 Å². The molecule has 1 aliphatic heterocycles. The zero-order valence-electron chi connectivity index (χ0n) is 9.38. The molecule has 1 aliphatic rings. The van der Waals surface area contributed by atoms with Crippen LogP contribution >= 0.6 is 0 Å². The van der Waals surface area contributed by atoms with E-state index in [1.54, 1.807) is 0 Å². The van der Waals surface area contributed by atoms with Crippen LogP contribution in [0.2, 0.25) is 0 Å². The van der Waals surface area contributed by atoms with Gasteiger partial charge in [-0.2, -0.15) is 0 Å². The maximum Gasteiger partial charge on any atom is 0.275 e. The zero-order valence-corrected chi connectivity index (χ0v) is 9.38. The fourth-order valence-corrected chi connectivity index (χ4v) is 1.97. The molecule has 15 heavy (non-hydrogen) atoms. The third kappa shape index (κ3) is 4.32. The highest BCUT2D eigenvalue weighted by Crippen LogP contribution is 1.97. The van der Waals surface area contributed by atoms with Crippen LogP contribution in [-0.2, 0) is 9.53 Å². The van der Waals surface area contributed by atoms with Crippen LogP contribution in [0, 0.1) is 12.3 Å². The Morgan fingerprint density at radius 2 is 2.13 bits per heavy atom. The van der Waals surface area contributed by atoms with Crippen molar-refractivity contribution in [2.75, 3.05) is 26.2 Å². The van der Waals surface area contributed by atoms with Crippen molar-refractivity contribution in [2.24, 2.45) is 0 Å². The first-order chi connectivity index (χ1) is 7.11. The molecule has 0 bridgehead atoms. The molecule has 0 aromatic carbocycles. The molecule has 4 nitrogen and oxygen atoms in total. The molecule has 2 atom stereocenters. The van der Waals surface area contributed by atoms with Crippen molar-refractivity contribution in [3.63, 3.8) is 0 Å². The Kier molecular flexibility index (Phi) is 4.60. The minimum atomic E-state index is 0.0178. The molecule has 1 rings (SSSR count). The van der Waals surface area contributed by atoms with E-state index in [2.05, 4.69) is 11.2 Å². The Morgan fingerprint density at radius 1 is 1.53 bits per heavy atom. The molecular weight excluding hydrogens is 192 g/mol. The Labute approximate surface area is 91.0 Å². The summed E-state index contributed by atoms with van der Waals surface area (Å²) in [7, 11) is 0. The summed E-state index contributed by atoms with van der Waals surface area (Å²) in [5, 5.41) is 2.67. The highest BCUT2D eigenvalue weighted by molar-refractivity contribution is 5.77. The number of rotatable bonds is 3. The standard InChI is InChI=1S/C11H18N2O2/c1-4-5-12-11(14)8-13-6-9(2)15-10(3)7-13/h1,9-10H,5-8H2,2-3H3,(H,12,14)/p+1/t9-,10-/m1/s1. The molecule has 0 aliphatic carbocycles. The van der Waals surface area contributed by atoms with Crippen molar-refractivity contribution in [3.8, 4) is 12.3 Å². The Hall–Kier alpha value is -1.05. The predicted octanol–water partition coefficient (Wildman–Crippen LogP) is -1.57. The van der Waals surface area contributed by atoms with Gasteiger partial charge < -0.3 is 15.0 Å². The third-order valence-electron chi connectivity index (χ3n) is 2.42. The third-order valence-corrected chi connectivity index (χ3v) is 2.42. The Balaban J connectivity index is 2.31. The van der Waals surface area contributed by atoms with Crippen LogP contribution in [0.3, 0.4) is 0 Å². The quantitative estimate of drug-likeness (QED) is 0.554. The van der Waals surface area contributed by atoms with E-state index in [1.165, 1.54) is 4.90 Å². The maximum atomic E-state index is 11.4. The lowest BCUT2D eigenvalue weighted by atomic mass is 10.2. The molecule has 4 heteroatoms. The van der Waals surface area contributed by atoms with Crippen LogP contribution in [0.15, 0.2) is 0 Å². The number of ether oxygens (including phenoxy) is 1. The maximum absolute atomic E-state index is 11.4. The average molecular weight is 211 g/mol. The summed E-state index contributed by atoms with van der Waals surface area (Å²) in [6, 6.07) is 0. The van der Waals surface area contributed by atoms with Crippen LogP contribution in [0.25, 0.3) is 0 Å². The van der Waals surface area contributed by atoms with Gasteiger partial charge >= 0.3 is 0 Å². The molecule has 1 saturated heterocycles. The van der Waals surface area contributed by atoms with E-state index in [9.17, 15) is 4.79 Å². The number of carbonyl (C=O) groups excluding carboxylic acids is 1. The van der Waals surface area contributed by atoms with Crippen LogP contribution in [0.1, 0.15) is 13.8 Å². The van der Waals surface area contributed by atoms with Gasteiger partial charge in [0.2, 0.25) is 0 Å². The minimum Gasteiger partial charge on any atom is -0.364 e. The number of carbonyl (C=O) groups is 1. The molecule has 1 fully saturated rings. The number of hydrogen-bond acceptors (Lipinski definition) is 2. The summed E-state index contributed by atoms with van der Waals surface area (Å²) >= 11 is 0. The van der Waals surface area contributed by atoms with Crippen LogP contribution < -0.4 is 10.2 Å². The normalized spacial score (nSPS) is 30.6. The van der Waals surface area contributed by atoms with Crippen molar-refractivity contribution >= 4 is 5.91 Å². The molecule has 0 aromatic heterocycles. The topological polar surface area (TPSA) is 42.8 Å². The number of terminal acetylenes is 1. The van der Waals surface area contributed by atoms with Crippen molar-refractivity contribution in [1.82, 2.24) is 5.32 Å². The van der Waals surface area contributed by atoms with E-state index in [1.807, 2.05) is 13.8 Å². The van der Waals surface area contributed by atoms with Gasteiger partial charge in [-0.1, -0.05) is 5.92 Å². The molecule has 0 saturated carbocycles. The predicted molar refractivity (Wildman–Crippen MR) is 57.4 cm³/mol. The molecule has 1 amide bonds. The van der Waals surface area contributed by atoms with E-state index in [4.69, 9.17) is 11.2 Å². The molecule has 0 unspecified atom stereocenters. The summed E-state index contributed by atoms with van der Waals surface area (Å²) in [5.41, 5.74) is 0. The average Bonchev–Trinajstić information content (AvgIpc) is 2.13. The Morgan fingerprint density at radius 3 is 2.67 bits per heavy atom. The van der Waals surface area contributed by atoms with Gasteiger partial charge in [-0.15, -0.1) is 6.42 Å². The summed E-state index contributed by atoms with van der Waals surface area (Å²) in [6.45, 7) is 6.64. The van der Waals surface area contributed by atoms with Crippen LogP contribution in [-0.4, -0.2) is 44.3 Å². The number of hydrogen-bond donors (Lipinski definition) is 2. The minimum absolute atomic E-state index is 0.0178. The number of amides is 1. The van der Waals surface area contributed by atoms with Gasteiger partial charge in [0.05, 0.1) is 6.54 Å². The largest absolute Gasteiger partial charge is 0.364 e. The molecule has 0 aromatic rings. The van der Waals surface area contributed by atoms with Crippen molar-refractivity contribution in [1.29, 1.82) is 0 Å². The van der Waals surface area contributed by atoms with Crippen LogP contribution in [0.5, 0.6) is 0 Å². The number of nitrogens with one attached hydrogen (secondary N) is 2. The lowest BCUT2D eigenvalue weighted by Gasteiger charge is -2.31. The molecule has 2 N–H and O–H groups in total. The van der Waals surface area contributed by atoms with Gasteiger partial charge in [-0.25, -0.2) is 0 Å². The number of quaternary nitrogens is 1. The second-order valence-corrected chi connectivity index (χ2v) is 4.07. The number of morpholine rings is 1. The summed E-state index contributed by atoms with van der Waals surface area (Å²) < 4.78 is 5.59. The van der Waals surface area contributed by atoms with Crippen molar-refractivity contribution in [2.45, 2.75) is 26.1 Å². The van der Waals surface area contributed by atoms with Crippen molar-refractivity contribution in [3.05, 3.63) is 0 Å². The smallest absolute Gasteiger partial charge is 0.275 e. The van der Waals surface area contributed by atoms with Gasteiger partial charge in [-0.05, 0) is 13.8 Å². The van der Waals surface area contributed by atoms with Gasteiger partial charge in [0.25, 0.3) is 5.91 Å². The highest BCUT2D eigenvalue weighted by Gasteiger charge is 2.26. The molecule has 84 valence electrons. The van der Waals surface area contributed by atoms with Gasteiger partial charge in [0.1, 0.15) is 25.3 Å². The van der Waals surface area contributed by atoms with Crippen molar-refractivity contribution < 1.29 is 14.4 Å². The first-order valence-corrected chi connectivity index (χ1v) is 5.31. The molecular formula is C11H19N2O2+. The Bertz CT molecular complexity index is 250. The second-order valence-electron chi connectivity index (χ2n) is 4.07. The first-order valence-electron chi connectivity index (χ1n) is 5.31. The van der Waals surface area contributed by atoms with Gasteiger partial charge in [-0.3, -0.25) is 4.79 Å². The fourth-order valence-electron chi connectivity index (χ4n) is 1.97. The van der Waals surface area contributed by atoms with E-state index in [0.29, 0.717) is 13.1 Å². The van der Waals surface area contributed by atoms with E-state index >= 15 is 0 Å². The molecule has 1 heterocycles. The first kappa shape index (κ1) is 12.0. The highest BCUT2D eigenvalue weighted by atomic mass is 16.5. The van der Waals surface area contributed by atoms with E-state index < -0.39 is 0 Å². The second kappa shape index (κ2) is 5.74. The summed E-state index contributed by atoms with van der Waals surface area (Å²) in [4.78, 5) is 12.7. The summed E-state index contributed by atoms with van der Waals surface area (Å²) in [6.07, 6.45) is 5.51. The lowest BCUT2D eigenvalue weighted by molar-refractivity contribution is -0.907. The molecule has 0 spiro atoms. The van der Waals surface area contributed by atoms with E-state index in [-0.39, 0.29) is 18.1 Å². The lowest BCUT2D eigenvalue weighted by Crippen LogP contribution is -3.16. The van der Waals surface area contributed by atoms with Gasteiger partial charge in [0.15, 0.2) is 6.54 Å². The van der Waals surface area contributed by atoms with Gasteiger partial charge in [0, 0.05) is 0 Å². The van der Waals surface area contributed by atoms with Crippen LogP contribution in [0.4, 0.5) is 0 Å². The molecule has 0 radical (unpaired) electrons. The SMILES string of the molecule is C#CCNC(=O)C[NH+]1C[C@@H](C)O[C@H](C)C1.